The van der Waals surface area contributed by atoms with Crippen LogP contribution in [0.4, 0.5) is 0 Å². The van der Waals surface area contributed by atoms with Gasteiger partial charge in [-0.3, -0.25) is 9.59 Å². The molecular formula is C37H56N2O6S. The van der Waals surface area contributed by atoms with Crippen LogP contribution in [0, 0.1) is 56.7 Å². The molecule has 1 aliphatic heterocycles. The summed E-state index contributed by atoms with van der Waals surface area (Å²) in [5.41, 5.74) is 6.42. The number of nitrogens with zero attached hydrogens (tertiary/aromatic N) is 1. The molecule has 8 nitrogen and oxygen atoms in total. The third-order valence-electron chi connectivity index (χ3n) is 14.6. The van der Waals surface area contributed by atoms with Gasteiger partial charge in [-0.1, -0.05) is 60.1 Å². The summed E-state index contributed by atoms with van der Waals surface area (Å²) in [7, 11) is 0. The van der Waals surface area contributed by atoms with Crippen molar-refractivity contribution in [3.63, 3.8) is 0 Å². The Morgan fingerprint density at radius 3 is 2.50 bits per heavy atom. The number of aromatic nitrogens is 1. The minimum absolute atomic E-state index is 0.172. The van der Waals surface area contributed by atoms with Crippen molar-refractivity contribution in [2.45, 2.75) is 112 Å². The van der Waals surface area contributed by atoms with E-state index in [9.17, 15) is 14.7 Å². The first-order valence-corrected chi connectivity index (χ1v) is 18.4. The molecule has 3 N–H and O–H groups in total. The molecule has 46 heavy (non-hydrogen) atoms. The summed E-state index contributed by atoms with van der Waals surface area (Å²) in [5, 5.41) is 13.7. The van der Waals surface area contributed by atoms with E-state index >= 15 is 0 Å². The second-order valence-electron chi connectivity index (χ2n) is 16.9. The summed E-state index contributed by atoms with van der Waals surface area (Å²) in [4.78, 5) is 30.3. The normalized spacial score (nSPS) is 44.7. The first kappa shape index (κ1) is 34.1. The number of ether oxygens (including phenoxy) is 3. The van der Waals surface area contributed by atoms with Crippen molar-refractivity contribution in [2.75, 3.05) is 19.8 Å². The number of fused-ring (bicyclic) bond motifs is 3. The van der Waals surface area contributed by atoms with Gasteiger partial charge < -0.3 is 25.1 Å². The Balaban J connectivity index is 1.38. The highest BCUT2D eigenvalue weighted by Crippen LogP contribution is 2.75. The predicted molar refractivity (Wildman–Crippen MR) is 178 cm³/mol. The Kier molecular flexibility index (Phi) is 8.64. The zero-order valence-electron chi connectivity index (χ0n) is 29.1. The molecule has 0 amide bonds. The first-order chi connectivity index (χ1) is 21.5. The molecule has 0 spiro atoms. The van der Waals surface area contributed by atoms with Crippen molar-refractivity contribution in [1.29, 1.82) is 0 Å². The van der Waals surface area contributed by atoms with Gasteiger partial charge in [-0.2, -0.15) is 0 Å². The van der Waals surface area contributed by atoms with Crippen LogP contribution in [0.1, 0.15) is 105 Å². The van der Waals surface area contributed by atoms with Gasteiger partial charge in [-0.15, -0.1) is 11.3 Å². The van der Waals surface area contributed by atoms with E-state index in [0.717, 1.165) is 37.1 Å². The lowest BCUT2D eigenvalue weighted by atomic mass is 9.34. The van der Waals surface area contributed by atoms with Crippen molar-refractivity contribution in [3.8, 4) is 0 Å². The van der Waals surface area contributed by atoms with Crippen LogP contribution in [-0.2, 0) is 23.8 Å². The highest BCUT2D eigenvalue weighted by molar-refractivity contribution is 7.09. The minimum atomic E-state index is -0.649. The lowest BCUT2D eigenvalue weighted by Crippen LogP contribution is -2.70. The summed E-state index contributed by atoms with van der Waals surface area (Å²) in [6, 6.07) is -0.357. The van der Waals surface area contributed by atoms with Gasteiger partial charge in [0.2, 0.25) is 0 Å². The lowest BCUT2D eigenvalue weighted by molar-refractivity contribution is -0.267. The average Bonchev–Trinajstić information content (AvgIpc) is 3.52. The predicted octanol–water partition coefficient (Wildman–Crippen LogP) is 7.05. The number of thiazole rings is 1. The summed E-state index contributed by atoms with van der Waals surface area (Å²) < 4.78 is 19.4. The number of aliphatic carboxylic acids is 1. The van der Waals surface area contributed by atoms with Crippen LogP contribution in [0.5, 0.6) is 0 Å². The molecule has 6 rings (SSSR count). The minimum Gasteiger partial charge on any atom is -0.481 e. The van der Waals surface area contributed by atoms with Crippen LogP contribution in [0.15, 0.2) is 23.2 Å². The maximum absolute atomic E-state index is 13.4. The van der Waals surface area contributed by atoms with Crippen molar-refractivity contribution in [2.24, 2.45) is 62.4 Å². The molecule has 12 atom stereocenters. The van der Waals surface area contributed by atoms with E-state index in [1.165, 1.54) is 23.8 Å². The molecule has 4 fully saturated rings. The molecule has 1 aromatic rings. The van der Waals surface area contributed by atoms with Gasteiger partial charge >= 0.3 is 11.9 Å². The number of hydrogen-bond donors (Lipinski definition) is 2. The monoisotopic (exact) mass is 656 g/mol. The number of carbonyl (C=O) groups is 2. The Labute approximate surface area is 279 Å². The molecule has 0 aromatic carbocycles. The van der Waals surface area contributed by atoms with Gasteiger partial charge in [0.25, 0.3) is 0 Å². The smallest absolute Gasteiger partial charge is 0.307 e. The Bertz CT molecular complexity index is 1370. The number of carboxylic acids is 1. The maximum Gasteiger partial charge on any atom is 0.307 e. The Morgan fingerprint density at radius 2 is 1.87 bits per heavy atom. The third kappa shape index (κ3) is 4.79. The zero-order chi connectivity index (χ0) is 33.4. The van der Waals surface area contributed by atoms with Gasteiger partial charge in [-0.25, -0.2) is 4.98 Å². The van der Waals surface area contributed by atoms with E-state index < -0.39 is 18.0 Å². The number of rotatable bonds is 8. The quantitative estimate of drug-likeness (QED) is 0.226. The molecule has 3 saturated carbocycles. The van der Waals surface area contributed by atoms with Gasteiger partial charge in [0.05, 0.1) is 31.8 Å². The van der Waals surface area contributed by atoms with Gasteiger partial charge in [0.1, 0.15) is 17.2 Å². The van der Waals surface area contributed by atoms with Crippen molar-refractivity contribution < 1.29 is 28.9 Å². The van der Waals surface area contributed by atoms with Crippen LogP contribution < -0.4 is 5.73 Å². The highest BCUT2D eigenvalue weighted by atomic mass is 32.1. The Morgan fingerprint density at radius 1 is 1.13 bits per heavy atom. The van der Waals surface area contributed by atoms with Crippen LogP contribution >= 0.6 is 11.3 Å². The number of esters is 1. The average molecular weight is 657 g/mol. The largest absolute Gasteiger partial charge is 0.481 e. The van der Waals surface area contributed by atoms with E-state index in [1.54, 1.807) is 6.20 Å². The topological polar surface area (TPSA) is 121 Å². The molecule has 2 bridgehead atoms. The molecule has 4 aliphatic carbocycles. The van der Waals surface area contributed by atoms with Crippen LogP contribution in [-0.4, -0.2) is 54.1 Å². The third-order valence-corrected chi connectivity index (χ3v) is 15.5. The molecular weight excluding hydrogens is 600 g/mol. The van der Waals surface area contributed by atoms with Gasteiger partial charge in [0.15, 0.2) is 0 Å². The summed E-state index contributed by atoms with van der Waals surface area (Å²) in [6.07, 6.45) is 8.73. The molecule has 1 saturated heterocycles. The van der Waals surface area contributed by atoms with E-state index in [0.29, 0.717) is 37.4 Å². The van der Waals surface area contributed by atoms with Gasteiger partial charge in [0, 0.05) is 29.3 Å². The van der Waals surface area contributed by atoms with Crippen molar-refractivity contribution in [3.05, 3.63) is 28.2 Å². The van der Waals surface area contributed by atoms with Crippen LogP contribution in [0.3, 0.4) is 0 Å². The SMILES string of the molecule is CC(=O)O[C@@H]1C[C@]23COC[C@@](C)([C@@H]2CC[C@H]2C3=CC[C@@]3(C)[C@H](C(=O)O)[C@@](C)([C@H](C)C(C)C)CC[C@]23C)[C@H]1OCC(N)c1nccs1. The molecule has 9 heteroatoms. The highest BCUT2D eigenvalue weighted by Gasteiger charge is 2.72. The summed E-state index contributed by atoms with van der Waals surface area (Å²) >= 11 is 1.52. The number of allylic oxidation sites excluding steroid dienone is 1. The maximum atomic E-state index is 13.4. The molecule has 1 unspecified atom stereocenters. The molecule has 2 heterocycles. The molecule has 5 aliphatic rings. The number of carboxylic acid groups (broad SMARTS) is 1. The number of nitrogens with two attached hydrogens (primary N) is 1. The first-order valence-electron chi connectivity index (χ1n) is 17.5. The van der Waals surface area contributed by atoms with Crippen molar-refractivity contribution in [1.82, 2.24) is 4.98 Å². The van der Waals surface area contributed by atoms with Crippen molar-refractivity contribution >= 4 is 23.3 Å². The number of hydrogen-bond acceptors (Lipinski definition) is 8. The molecule has 256 valence electrons. The fraction of sp³-hybridized carbons (Fsp3) is 0.811. The van der Waals surface area contributed by atoms with Gasteiger partial charge in [-0.05, 0) is 78.4 Å². The Hall–Kier alpha value is -1.81. The zero-order valence-corrected chi connectivity index (χ0v) is 30.0. The lowest BCUT2D eigenvalue weighted by Gasteiger charge is -2.71. The number of carbonyl (C=O) groups excluding carboxylic acids is 1. The second kappa shape index (κ2) is 11.7. The standard InChI is InChI=1S/C37H56N2O6S/c1-21(2)22(3)33(5)13-14-35(7)24-9-10-28-34(6)19-43-20-37(28,25(24)11-12-36(35,8)29(33)32(41)42)17-27(45-23(4)40)30(34)44-18-26(38)31-39-15-16-46-31/h11,15-16,21-22,24,26-30H,9-10,12-14,17-20,38H2,1-8H3,(H,41,42)/t22-,24+,26?,27-,28+,29-,30+,33-,34+,35-,36+,37-/m1/s1. The van der Waals surface area contributed by atoms with Crippen LogP contribution in [0.2, 0.25) is 0 Å². The van der Waals surface area contributed by atoms with E-state index in [4.69, 9.17) is 19.9 Å². The van der Waals surface area contributed by atoms with E-state index in [-0.39, 0.29) is 57.7 Å². The van der Waals surface area contributed by atoms with Crippen LogP contribution in [0.25, 0.3) is 0 Å². The van der Waals surface area contributed by atoms with E-state index in [1.807, 2.05) is 5.38 Å². The second-order valence-corrected chi connectivity index (χ2v) is 17.9. The fourth-order valence-corrected chi connectivity index (χ4v) is 12.5. The summed E-state index contributed by atoms with van der Waals surface area (Å²) in [6.45, 7) is 18.8. The van der Waals surface area contributed by atoms with E-state index in [2.05, 4.69) is 59.5 Å². The summed E-state index contributed by atoms with van der Waals surface area (Å²) in [5.74, 6) is -0.135. The fourth-order valence-electron chi connectivity index (χ4n) is 11.9. The molecule has 0 radical (unpaired) electrons. The molecule has 1 aromatic heterocycles.